The lowest BCUT2D eigenvalue weighted by Crippen LogP contribution is -2.48. The fraction of sp³-hybridized carbons (Fsp3) is 0.500. The van der Waals surface area contributed by atoms with E-state index >= 15 is 0 Å². The zero-order valence-corrected chi connectivity index (χ0v) is 18.4. The maximum absolute atomic E-state index is 13.1. The van der Waals surface area contributed by atoms with Crippen molar-refractivity contribution in [2.24, 2.45) is 0 Å². The number of pyridine rings is 1. The van der Waals surface area contributed by atoms with Crippen LogP contribution >= 0.6 is 0 Å². The number of aryl methyl sites for hydroxylation is 2. The average molecular weight is 494 g/mol. The van der Waals surface area contributed by atoms with Crippen LogP contribution in [0.3, 0.4) is 0 Å². The molecular weight excluding hydrogens is 470 g/mol. The number of hydrogen-bond donors (Lipinski definition) is 2. The lowest BCUT2D eigenvalue weighted by atomic mass is 9.93. The number of hydrogen-bond acceptors (Lipinski definition) is 3. The van der Waals surface area contributed by atoms with E-state index in [0.29, 0.717) is 18.4 Å². The van der Waals surface area contributed by atoms with Crippen molar-refractivity contribution in [3.05, 3.63) is 45.2 Å². The number of aromatic amines is 1. The number of carbonyl (C=O) groups excluding carboxylic acids is 1. The molecule has 1 aromatic carbocycles. The fourth-order valence-corrected chi connectivity index (χ4v) is 3.79. The van der Waals surface area contributed by atoms with Crippen LogP contribution in [0.25, 0.3) is 10.9 Å². The first-order valence-corrected chi connectivity index (χ1v) is 10.4. The molecule has 0 unspecified atom stereocenters. The summed E-state index contributed by atoms with van der Waals surface area (Å²) in [5.41, 5.74) is 2.34. The Morgan fingerprint density at radius 3 is 2.09 bits per heavy atom. The molecule has 1 aromatic heterocycles. The molecular formula is C22H24F6N2O4. The number of fused-ring (bicyclic) bond motifs is 1. The van der Waals surface area contributed by atoms with Gasteiger partial charge in [-0.2, -0.15) is 26.3 Å². The molecule has 0 spiro atoms. The first-order chi connectivity index (χ1) is 15.6. The number of benzene rings is 1. The molecule has 1 fully saturated rings. The second kappa shape index (κ2) is 10.5. The molecule has 1 aliphatic rings. The molecule has 0 bridgehead atoms. The van der Waals surface area contributed by atoms with E-state index in [0.717, 1.165) is 40.7 Å². The van der Waals surface area contributed by atoms with E-state index in [-0.39, 0.29) is 12.1 Å². The molecule has 2 aromatic rings. The lowest BCUT2D eigenvalue weighted by molar-refractivity contribution is -0.192. The van der Waals surface area contributed by atoms with Gasteiger partial charge in [0.25, 0.3) is 5.56 Å². The number of H-pyrrole nitrogens is 1. The standard InChI is InChI=1S/C20H23F3N2O2.C2HF3O2/c1-12-8-9-14-10-15(18(26)24-17(14)13(12)2)11-25(19(27)20(21,22)23)16-6-4-3-5-7-16;3-2(4,5)1(6)7/h8-10,16H,3-7,11H2,1-2H3,(H,24,26);(H,6,7). The van der Waals surface area contributed by atoms with Gasteiger partial charge in [-0.3, -0.25) is 9.59 Å². The molecule has 188 valence electrons. The highest BCUT2D eigenvalue weighted by molar-refractivity contribution is 5.84. The Kier molecular flexibility index (Phi) is 8.38. The Hall–Kier alpha value is -3.05. The minimum Gasteiger partial charge on any atom is -0.475 e. The van der Waals surface area contributed by atoms with Crippen molar-refractivity contribution in [2.45, 2.75) is 70.9 Å². The predicted molar refractivity (Wildman–Crippen MR) is 111 cm³/mol. The largest absolute Gasteiger partial charge is 0.490 e. The summed E-state index contributed by atoms with van der Waals surface area (Å²) in [5, 5.41) is 7.87. The van der Waals surface area contributed by atoms with Crippen molar-refractivity contribution in [3.63, 3.8) is 0 Å². The summed E-state index contributed by atoms with van der Waals surface area (Å²) in [6.07, 6.45) is -6.43. The number of carboxylic acid groups (broad SMARTS) is 1. The summed E-state index contributed by atoms with van der Waals surface area (Å²) in [5.74, 6) is -4.62. The van der Waals surface area contributed by atoms with Crippen molar-refractivity contribution >= 4 is 22.8 Å². The number of aliphatic carboxylic acids is 1. The number of carboxylic acids is 1. The molecule has 12 heteroatoms. The van der Waals surface area contributed by atoms with Crippen LogP contribution in [0.4, 0.5) is 26.3 Å². The average Bonchev–Trinajstić information content (AvgIpc) is 2.75. The molecule has 34 heavy (non-hydrogen) atoms. The van der Waals surface area contributed by atoms with Gasteiger partial charge in [-0.1, -0.05) is 31.4 Å². The smallest absolute Gasteiger partial charge is 0.475 e. The minimum atomic E-state index is -5.08. The van der Waals surface area contributed by atoms with Crippen LogP contribution in [-0.2, 0) is 16.1 Å². The Bertz CT molecular complexity index is 1100. The van der Waals surface area contributed by atoms with Gasteiger partial charge in [0.15, 0.2) is 0 Å². The third-order valence-electron chi connectivity index (χ3n) is 5.73. The minimum absolute atomic E-state index is 0.175. The SMILES string of the molecule is Cc1ccc2cc(CN(C(=O)C(F)(F)F)C3CCCCC3)c(=O)[nH]c2c1C.O=C(O)C(F)(F)F. The van der Waals surface area contributed by atoms with Crippen LogP contribution < -0.4 is 5.56 Å². The van der Waals surface area contributed by atoms with Crippen molar-refractivity contribution in [3.8, 4) is 0 Å². The zero-order chi connectivity index (χ0) is 25.8. The quantitative estimate of drug-likeness (QED) is 0.588. The number of nitrogens with one attached hydrogen (secondary N) is 1. The van der Waals surface area contributed by atoms with Crippen LogP contribution in [0.5, 0.6) is 0 Å². The highest BCUT2D eigenvalue weighted by Gasteiger charge is 2.45. The van der Waals surface area contributed by atoms with E-state index in [2.05, 4.69) is 4.98 Å². The molecule has 0 saturated heterocycles. The number of halogens is 6. The van der Waals surface area contributed by atoms with Crippen LogP contribution in [0.1, 0.15) is 48.8 Å². The maximum Gasteiger partial charge on any atom is 0.490 e. The van der Waals surface area contributed by atoms with Gasteiger partial charge in [-0.05, 0) is 49.3 Å². The van der Waals surface area contributed by atoms with E-state index in [9.17, 15) is 35.9 Å². The van der Waals surface area contributed by atoms with Gasteiger partial charge in [0.05, 0.1) is 12.1 Å². The Labute approximate surface area is 190 Å². The second-order valence-electron chi connectivity index (χ2n) is 8.12. The number of rotatable bonds is 3. The first-order valence-electron chi connectivity index (χ1n) is 10.4. The normalized spacial score (nSPS) is 14.9. The summed E-state index contributed by atoms with van der Waals surface area (Å²) in [6.45, 7) is 3.48. The first kappa shape index (κ1) is 27.2. The molecule has 1 amide bonds. The summed E-state index contributed by atoms with van der Waals surface area (Å²) < 4.78 is 71.1. The van der Waals surface area contributed by atoms with Crippen molar-refractivity contribution in [1.82, 2.24) is 9.88 Å². The maximum atomic E-state index is 13.1. The van der Waals surface area contributed by atoms with Crippen LogP contribution in [0.15, 0.2) is 23.0 Å². The second-order valence-corrected chi connectivity index (χ2v) is 8.12. The Balaban J connectivity index is 0.000000509. The zero-order valence-electron chi connectivity index (χ0n) is 18.4. The fourth-order valence-electron chi connectivity index (χ4n) is 3.79. The number of amides is 1. The number of aromatic nitrogens is 1. The monoisotopic (exact) mass is 494 g/mol. The van der Waals surface area contributed by atoms with Gasteiger partial charge in [-0.15, -0.1) is 0 Å². The number of carbonyl (C=O) groups is 2. The summed E-state index contributed by atoms with van der Waals surface area (Å²) >= 11 is 0. The van der Waals surface area contributed by atoms with Gasteiger partial charge < -0.3 is 15.0 Å². The highest BCUT2D eigenvalue weighted by Crippen LogP contribution is 2.29. The van der Waals surface area contributed by atoms with Gasteiger partial charge in [0.1, 0.15) is 0 Å². The molecule has 3 rings (SSSR count). The van der Waals surface area contributed by atoms with Crippen LogP contribution in [0.2, 0.25) is 0 Å². The van der Waals surface area contributed by atoms with Crippen molar-refractivity contribution in [1.29, 1.82) is 0 Å². The Morgan fingerprint density at radius 1 is 1.03 bits per heavy atom. The van der Waals surface area contributed by atoms with E-state index in [1.807, 2.05) is 26.0 Å². The summed E-state index contributed by atoms with van der Waals surface area (Å²) in [7, 11) is 0. The lowest BCUT2D eigenvalue weighted by Gasteiger charge is -2.34. The van der Waals surface area contributed by atoms with Gasteiger partial charge in [0, 0.05) is 11.6 Å². The van der Waals surface area contributed by atoms with E-state index < -0.39 is 35.8 Å². The van der Waals surface area contributed by atoms with E-state index in [1.54, 1.807) is 6.07 Å². The third kappa shape index (κ3) is 6.73. The Morgan fingerprint density at radius 2 is 1.59 bits per heavy atom. The van der Waals surface area contributed by atoms with Crippen molar-refractivity contribution < 1.29 is 41.0 Å². The summed E-state index contributed by atoms with van der Waals surface area (Å²) in [4.78, 5) is 37.1. The van der Waals surface area contributed by atoms with Gasteiger partial charge in [0.2, 0.25) is 0 Å². The molecule has 1 heterocycles. The molecule has 0 aliphatic heterocycles. The van der Waals surface area contributed by atoms with Crippen LogP contribution in [0, 0.1) is 13.8 Å². The number of alkyl halides is 6. The van der Waals surface area contributed by atoms with Gasteiger partial charge >= 0.3 is 24.2 Å². The third-order valence-corrected chi connectivity index (χ3v) is 5.73. The van der Waals surface area contributed by atoms with E-state index in [4.69, 9.17) is 9.90 Å². The molecule has 0 radical (unpaired) electrons. The van der Waals surface area contributed by atoms with Crippen molar-refractivity contribution in [2.75, 3.05) is 0 Å². The number of nitrogens with zero attached hydrogens (tertiary/aromatic N) is 1. The molecule has 0 atom stereocenters. The van der Waals surface area contributed by atoms with E-state index in [1.165, 1.54) is 0 Å². The molecule has 1 aliphatic carbocycles. The molecule has 2 N–H and O–H groups in total. The topological polar surface area (TPSA) is 90.5 Å². The van der Waals surface area contributed by atoms with Crippen LogP contribution in [-0.4, -0.2) is 45.3 Å². The highest BCUT2D eigenvalue weighted by atomic mass is 19.4. The van der Waals surface area contributed by atoms with Gasteiger partial charge in [-0.25, -0.2) is 4.79 Å². The predicted octanol–water partition coefficient (Wildman–Crippen LogP) is 5.00. The molecule has 1 saturated carbocycles. The molecule has 6 nitrogen and oxygen atoms in total. The summed E-state index contributed by atoms with van der Waals surface area (Å²) in [6, 6.07) is 4.84.